The van der Waals surface area contributed by atoms with Gasteiger partial charge in [-0.25, -0.2) is 9.78 Å². The van der Waals surface area contributed by atoms with Crippen molar-refractivity contribution in [1.82, 2.24) is 9.55 Å². The van der Waals surface area contributed by atoms with Gasteiger partial charge in [0.15, 0.2) is 0 Å². The molecule has 1 aromatic heterocycles. The minimum Gasteiger partial charge on any atom is -0.481 e. The molecule has 1 amide bonds. The molecule has 0 spiro atoms. The Balaban J connectivity index is 1.60. The molecule has 1 aromatic carbocycles. The molecule has 196 valence electrons. The summed E-state index contributed by atoms with van der Waals surface area (Å²) in [5.41, 5.74) is 3.75. The highest BCUT2D eigenvalue weighted by Gasteiger charge is 2.35. The summed E-state index contributed by atoms with van der Waals surface area (Å²) in [4.78, 5) is 31.4. The highest BCUT2D eigenvalue weighted by Crippen LogP contribution is 2.42. The lowest BCUT2D eigenvalue weighted by molar-refractivity contribution is -0.143. The normalized spacial score (nSPS) is 26.0. The van der Waals surface area contributed by atoms with Crippen LogP contribution in [0, 0.1) is 5.92 Å². The summed E-state index contributed by atoms with van der Waals surface area (Å²) in [7, 11) is 1.41. The van der Waals surface area contributed by atoms with Gasteiger partial charge in [0.25, 0.3) is 0 Å². The summed E-state index contributed by atoms with van der Waals surface area (Å²) in [6, 6.07) is 4.10. The average molecular weight is 500 g/mol. The molecule has 1 N–H and O–H groups in total. The number of carboxylic acid groups (broad SMARTS) is 1. The summed E-state index contributed by atoms with van der Waals surface area (Å²) in [6.45, 7) is 5.48. The van der Waals surface area contributed by atoms with E-state index in [9.17, 15) is 14.7 Å². The fraction of sp³-hybridized carbons (Fsp3) is 0.667. The van der Waals surface area contributed by atoms with E-state index in [4.69, 9.17) is 19.2 Å². The number of anilines is 1. The summed E-state index contributed by atoms with van der Waals surface area (Å²) in [5.74, 6) is -0.240. The van der Waals surface area contributed by atoms with Crippen LogP contribution in [0.3, 0.4) is 0 Å². The van der Waals surface area contributed by atoms with E-state index in [1.165, 1.54) is 7.11 Å². The van der Waals surface area contributed by atoms with Gasteiger partial charge in [0.1, 0.15) is 11.9 Å². The maximum absolute atomic E-state index is 12.6. The standard InChI is InChI=1S/C27H37N3O6/c1-16-7-8-21-22(29(16)27(33)34-3)9-10-23-24(21)28-25(17(2)36-20-11-13-35-14-12-20)30(23)19-6-4-5-18(15-19)26(31)32/h9-10,16-20H,4-8,11-15H2,1-3H3,(H,31,32)/t16?,17-,18+,19+/m0/s1. The number of imidazole rings is 1. The molecule has 0 bridgehead atoms. The molecule has 9 nitrogen and oxygen atoms in total. The second-order valence-electron chi connectivity index (χ2n) is 10.4. The van der Waals surface area contributed by atoms with Crippen molar-refractivity contribution in [2.45, 2.75) is 89.5 Å². The maximum Gasteiger partial charge on any atom is 0.414 e. The zero-order valence-electron chi connectivity index (χ0n) is 21.4. The van der Waals surface area contributed by atoms with Gasteiger partial charge in [-0.15, -0.1) is 0 Å². The van der Waals surface area contributed by atoms with Crippen LogP contribution in [0.5, 0.6) is 0 Å². The van der Waals surface area contributed by atoms with Crippen molar-refractivity contribution < 1.29 is 28.9 Å². The topological polar surface area (TPSA) is 103 Å². The van der Waals surface area contributed by atoms with Crippen LogP contribution in [-0.2, 0) is 25.4 Å². The monoisotopic (exact) mass is 499 g/mol. The summed E-state index contributed by atoms with van der Waals surface area (Å²) in [5, 5.41) is 9.74. The molecule has 2 aromatic rings. The average Bonchev–Trinajstić information content (AvgIpc) is 3.29. The number of fused-ring (bicyclic) bond motifs is 3. The van der Waals surface area contributed by atoms with Gasteiger partial charge in [0.2, 0.25) is 0 Å². The van der Waals surface area contributed by atoms with Crippen LogP contribution in [0.25, 0.3) is 11.0 Å². The predicted octanol–water partition coefficient (Wildman–Crippen LogP) is 5.02. The van der Waals surface area contributed by atoms with Crippen molar-refractivity contribution in [2.75, 3.05) is 25.2 Å². The zero-order valence-corrected chi connectivity index (χ0v) is 21.4. The zero-order chi connectivity index (χ0) is 25.4. The van der Waals surface area contributed by atoms with E-state index < -0.39 is 5.97 Å². The first kappa shape index (κ1) is 25.0. The molecule has 9 heteroatoms. The Labute approximate surface area is 211 Å². The number of ether oxygens (including phenoxy) is 3. The number of rotatable bonds is 5. The molecule has 3 heterocycles. The number of aryl methyl sites for hydroxylation is 1. The van der Waals surface area contributed by atoms with E-state index in [2.05, 4.69) is 4.57 Å². The lowest BCUT2D eigenvalue weighted by atomic mass is 9.85. The Hall–Kier alpha value is -2.65. The van der Waals surface area contributed by atoms with Crippen molar-refractivity contribution in [2.24, 2.45) is 5.92 Å². The molecular weight excluding hydrogens is 462 g/mol. The minimum atomic E-state index is -0.725. The number of hydrogen-bond donors (Lipinski definition) is 1. The van der Waals surface area contributed by atoms with Crippen LogP contribution in [0.1, 0.15) is 82.3 Å². The number of nitrogens with zero attached hydrogens (tertiary/aromatic N) is 3. The van der Waals surface area contributed by atoms with E-state index in [0.717, 1.165) is 66.6 Å². The number of benzene rings is 1. The quantitative estimate of drug-likeness (QED) is 0.616. The van der Waals surface area contributed by atoms with E-state index >= 15 is 0 Å². The van der Waals surface area contributed by atoms with Gasteiger partial charge in [-0.3, -0.25) is 9.69 Å². The van der Waals surface area contributed by atoms with Crippen LogP contribution >= 0.6 is 0 Å². The number of amides is 1. The van der Waals surface area contributed by atoms with E-state index in [-0.39, 0.29) is 36.3 Å². The smallest absolute Gasteiger partial charge is 0.414 e. The molecule has 1 saturated heterocycles. The van der Waals surface area contributed by atoms with Crippen molar-refractivity contribution in [3.63, 3.8) is 0 Å². The van der Waals surface area contributed by atoms with Gasteiger partial charge in [-0.1, -0.05) is 6.42 Å². The summed E-state index contributed by atoms with van der Waals surface area (Å²) < 4.78 is 19.3. The Bertz CT molecular complexity index is 1120. The Morgan fingerprint density at radius 3 is 2.67 bits per heavy atom. The number of carbonyl (C=O) groups excluding carboxylic acids is 1. The molecular formula is C27H37N3O6. The van der Waals surface area contributed by atoms with Gasteiger partial charge in [-0.2, -0.15) is 0 Å². The molecule has 5 rings (SSSR count). The van der Waals surface area contributed by atoms with Crippen molar-refractivity contribution in [1.29, 1.82) is 0 Å². The van der Waals surface area contributed by atoms with Crippen LogP contribution in [0.2, 0.25) is 0 Å². The molecule has 2 fully saturated rings. The van der Waals surface area contributed by atoms with Crippen molar-refractivity contribution in [3.8, 4) is 0 Å². The van der Waals surface area contributed by atoms with Crippen molar-refractivity contribution in [3.05, 3.63) is 23.5 Å². The van der Waals surface area contributed by atoms with Gasteiger partial charge in [0.05, 0.1) is 35.9 Å². The second-order valence-corrected chi connectivity index (χ2v) is 10.4. The molecule has 1 unspecified atom stereocenters. The number of hydrogen-bond acceptors (Lipinski definition) is 6. The SMILES string of the molecule is COC(=O)N1c2ccc3c(nc([C@H](C)OC4CCOCC4)n3[C@@H]3CCC[C@@H](C(=O)O)C3)c2CCC1C. The minimum absolute atomic E-state index is 0.0365. The second kappa shape index (κ2) is 10.4. The molecule has 2 aliphatic heterocycles. The fourth-order valence-electron chi connectivity index (χ4n) is 6.25. The Morgan fingerprint density at radius 2 is 1.94 bits per heavy atom. The molecule has 36 heavy (non-hydrogen) atoms. The maximum atomic E-state index is 12.6. The van der Waals surface area contributed by atoms with Crippen LogP contribution < -0.4 is 4.90 Å². The van der Waals surface area contributed by atoms with E-state index in [0.29, 0.717) is 26.1 Å². The third-order valence-corrected chi connectivity index (χ3v) is 8.14. The highest BCUT2D eigenvalue weighted by atomic mass is 16.5. The summed E-state index contributed by atoms with van der Waals surface area (Å²) in [6.07, 6.45) is 5.93. The molecule has 1 aliphatic carbocycles. The fourth-order valence-corrected chi connectivity index (χ4v) is 6.25. The van der Waals surface area contributed by atoms with Crippen molar-refractivity contribution >= 4 is 28.8 Å². The van der Waals surface area contributed by atoms with Gasteiger partial charge in [-0.05, 0) is 70.9 Å². The molecule has 4 atom stereocenters. The first-order chi connectivity index (χ1) is 17.4. The van der Waals surface area contributed by atoms with Gasteiger partial charge < -0.3 is 23.9 Å². The van der Waals surface area contributed by atoms with Gasteiger partial charge in [0, 0.05) is 30.9 Å². The highest BCUT2D eigenvalue weighted by molar-refractivity contribution is 5.95. The lowest BCUT2D eigenvalue weighted by Gasteiger charge is -2.34. The Kier molecular flexibility index (Phi) is 7.21. The number of carboxylic acids is 1. The lowest BCUT2D eigenvalue weighted by Crippen LogP contribution is -2.42. The predicted molar refractivity (Wildman–Crippen MR) is 134 cm³/mol. The summed E-state index contributed by atoms with van der Waals surface area (Å²) >= 11 is 0. The van der Waals surface area contributed by atoms with Crippen LogP contribution in [0.4, 0.5) is 10.5 Å². The first-order valence-electron chi connectivity index (χ1n) is 13.3. The van der Waals surface area contributed by atoms with E-state index in [1.807, 2.05) is 26.0 Å². The molecule has 0 radical (unpaired) electrons. The number of methoxy groups -OCH3 is 1. The third-order valence-electron chi connectivity index (χ3n) is 8.14. The number of aromatic nitrogens is 2. The third kappa shape index (κ3) is 4.59. The first-order valence-corrected chi connectivity index (χ1v) is 13.3. The van der Waals surface area contributed by atoms with Gasteiger partial charge >= 0.3 is 12.1 Å². The number of aliphatic carboxylic acids is 1. The van der Waals surface area contributed by atoms with Crippen LogP contribution in [0.15, 0.2) is 12.1 Å². The molecule has 3 aliphatic rings. The number of carbonyl (C=O) groups is 2. The Morgan fingerprint density at radius 1 is 1.17 bits per heavy atom. The van der Waals surface area contributed by atoms with E-state index in [1.54, 1.807) is 4.90 Å². The largest absolute Gasteiger partial charge is 0.481 e. The molecule has 1 saturated carbocycles. The van der Waals surface area contributed by atoms with Crippen LogP contribution in [-0.4, -0.2) is 59.2 Å².